The Balaban J connectivity index is 2.13. The van der Waals surface area contributed by atoms with Crippen molar-refractivity contribution in [3.05, 3.63) is 47.7 Å². The summed E-state index contributed by atoms with van der Waals surface area (Å²) in [5, 5.41) is 1.22. The number of hydrogen-bond acceptors (Lipinski definition) is 1. The summed E-state index contributed by atoms with van der Waals surface area (Å²) in [5.41, 5.74) is 0.682. The Kier molecular flexibility index (Phi) is 4.09. The molecule has 0 unspecified atom stereocenters. The minimum Gasteiger partial charge on any atom is -0.362 e. The van der Waals surface area contributed by atoms with Gasteiger partial charge < -0.3 is 4.98 Å². The van der Waals surface area contributed by atoms with E-state index < -0.39 is 19.8 Å². The number of rotatable bonds is 3. The van der Waals surface area contributed by atoms with Gasteiger partial charge in [0.1, 0.15) is 0 Å². The van der Waals surface area contributed by atoms with Crippen molar-refractivity contribution in [1.82, 2.24) is 4.98 Å². The maximum absolute atomic E-state index is 12.4. The van der Waals surface area contributed by atoms with E-state index in [0.717, 1.165) is 17.8 Å². The zero-order valence-electron chi connectivity index (χ0n) is 12.1. The first-order valence-electron chi connectivity index (χ1n) is 6.57. The molecule has 2 aromatic rings. The number of halogens is 3. The fourth-order valence-corrected chi connectivity index (χ4v) is 2.91. The molecule has 0 saturated carbocycles. The van der Waals surface area contributed by atoms with Crippen LogP contribution in [0.3, 0.4) is 0 Å². The van der Waals surface area contributed by atoms with Crippen molar-refractivity contribution in [3.8, 4) is 0 Å². The van der Waals surface area contributed by atoms with E-state index in [4.69, 9.17) is 0 Å². The first-order valence-corrected chi connectivity index (χ1v) is 10.1. The van der Waals surface area contributed by atoms with Crippen LogP contribution in [0, 0.1) is 0 Å². The molecule has 112 valence electrons. The van der Waals surface area contributed by atoms with Crippen LogP contribution in [0.1, 0.15) is 11.3 Å². The van der Waals surface area contributed by atoms with Crippen LogP contribution in [0.25, 0.3) is 0 Å². The predicted molar refractivity (Wildman–Crippen MR) is 82.5 cm³/mol. The molecule has 0 saturated heterocycles. The van der Waals surface area contributed by atoms with Gasteiger partial charge in [-0.25, -0.2) is 0 Å². The number of hydrogen-bond donors (Lipinski definition) is 1. The quantitative estimate of drug-likeness (QED) is 0.646. The standard InChI is InChI=1S/C15H17F3N2Si/c1-21(2,3)14-9-8-13(20-14)10-19-12-6-4-11(5-7-12)15(16,17)18/h4-10,20H,1-3H3/b19-10+. The second-order valence-electron chi connectivity index (χ2n) is 5.88. The van der Waals surface area contributed by atoms with Crippen LogP contribution in [-0.2, 0) is 6.18 Å². The third-order valence-electron chi connectivity index (χ3n) is 3.06. The number of alkyl halides is 3. The topological polar surface area (TPSA) is 28.1 Å². The van der Waals surface area contributed by atoms with Crippen LogP contribution >= 0.6 is 0 Å². The van der Waals surface area contributed by atoms with Gasteiger partial charge in [0.2, 0.25) is 0 Å². The average Bonchev–Trinajstić information content (AvgIpc) is 2.84. The molecular weight excluding hydrogens is 293 g/mol. The molecule has 21 heavy (non-hydrogen) atoms. The molecule has 0 aliphatic carbocycles. The highest BCUT2D eigenvalue weighted by Gasteiger charge is 2.29. The van der Waals surface area contributed by atoms with E-state index in [9.17, 15) is 13.2 Å². The number of benzene rings is 1. The number of aromatic amines is 1. The Labute approximate surface area is 122 Å². The summed E-state index contributed by atoms with van der Waals surface area (Å²) in [5.74, 6) is 0. The first kappa shape index (κ1) is 15.6. The Hall–Kier alpha value is -1.82. The van der Waals surface area contributed by atoms with Gasteiger partial charge in [0.05, 0.1) is 31.2 Å². The lowest BCUT2D eigenvalue weighted by molar-refractivity contribution is -0.137. The lowest BCUT2D eigenvalue weighted by atomic mass is 10.2. The van der Waals surface area contributed by atoms with Gasteiger partial charge in [0, 0.05) is 0 Å². The minimum atomic E-state index is -4.31. The minimum absolute atomic E-state index is 0.493. The van der Waals surface area contributed by atoms with Gasteiger partial charge in [0.25, 0.3) is 0 Å². The predicted octanol–water partition coefficient (Wildman–Crippen LogP) is 4.33. The maximum atomic E-state index is 12.4. The monoisotopic (exact) mass is 310 g/mol. The summed E-state index contributed by atoms with van der Waals surface area (Å²) in [6.07, 6.45) is -2.68. The molecule has 1 aromatic carbocycles. The van der Waals surface area contributed by atoms with Gasteiger partial charge in [-0.15, -0.1) is 0 Å². The third kappa shape index (κ3) is 4.07. The van der Waals surface area contributed by atoms with Gasteiger partial charge >= 0.3 is 6.18 Å². The maximum Gasteiger partial charge on any atom is 0.416 e. The van der Waals surface area contributed by atoms with Crippen LogP contribution in [0.15, 0.2) is 41.4 Å². The van der Waals surface area contributed by atoms with Crippen molar-refractivity contribution in [1.29, 1.82) is 0 Å². The molecule has 6 heteroatoms. The van der Waals surface area contributed by atoms with Crippen LogP contribution in [0.5, 0.6) is 0 Å². The van der Waals surface area contributed by atoms with E-state index in [2.05, 4.69) is 29.6 Å². The highest BCUT2D eigenvalue weighted by atomic mass is 28.3. The van der Waals surface area contributed by atoms with Crippen LogP contribution in [0.2, 0.25) is 19.6 Å². The Morgan fingerprint density at radius 1 is 1.00 bits per heavy atom. The lowest BCUT2D eigenvalue weighted by Gasteiger charge is -2.12. The van der Waals surface area contributed by atoms with E-state index in [-0.39, 0.29) is 0 Å². The van der Waals surface area contributed by atoms with E-state index >= 15 is 0 Å². The van der Waals surface area contributed by atoms with Gasteiger partial charge in [-0.05, 0) is 41.7 Å². The molecule has 2 nitrogen and oxygen atoms in total. The molecule has 0 amide bonds. The number of aliphatic imine (C=N–C) groups is 1. The molecule has 0 fully saturated rings. The van der Waals surface area contributed by atoms with E-state index in [1.807, 2.05) is 12.1 Å². The van der Waals surface area contributed by atoms with Gasteiger partial charge in [-0.2, -0.15) is 13.2 Å². The fourth-order valence-electron chi connectivity index (χ4n) is 1.81. The number of nitrogens with zero attached hydrogens (tertiary/aromatic N) is 1. The normalized spacial score (nSPS) is 13.0. The molecule has 1 aromatic heterocycles. The molecule has 0 radical (unpaired) electrons. The van der Waals surface area contributed by atoms with Crippen molar-refractivity contribution in [2.75, 3.05) is 0 Å². The number of H-pyrrole nitrogens is 1. The summed E-state index contributed by atoms with van der Waals surface area (Å²) in [4.78, 5) is 7.48. The SMILES string of the molecule is C[Si](C)(C)c1ccc(/C=N/c2ccc(C(F)(F)F)cc2)[nH]1. The molecule has 2 rings (SSSR count). The van der Waals surface area contributed by atoms with Crippen molar-refractivity contribution >= 4 is 25.3 Å². The van der Waals surface area contributed by atoms with Gasteiger partial charge in [-0.1, -0.05) is 19.6 Å². The van der Waals surface area contributed by atoms with E-state index in [1.54, 1.807) is 6.21 Å². The molecule has 0 aliphatic rings. The Morgan fingerprint density at radius 2 is 1.62 bits per heavy atom. The summed E-state index contributed by atoms with van der Waals surface area (Å²) in [7, 11) is -1.39. The molecule has 0 aliphatic heterocycles. The largest absolute Gasteiger partial charge is 0.416 e. The molecule has 1 heterocycles. The summed E-state index contributed by atoms with van der Waals surface area (Å²) >= 11 is 0. The van der Waals surface area contributed by atoms with E-state index in [0.29, 0.717) is 5.69 Å². The highest BCUT2D eigenvalue weighted by Crippen LogP contribution is 2.30. The van der Waals surface area contributed by atoms with Gasteiger partial charge in [-0.3, -0.25) is 4.99 Å². The Morgan fingerprint density at radius 3 is 2.10 bits per heavy atom. The second kappa shape index (κ2) is 5.52. The average molecular weight is 310 g/mol. The third-order valence-corrected chi connectivity index (χ3v) is 4.97. The zero-order valence-corrected chi connectivity index (χ0v) is 13.1. The lowest BCUT2D eigenvalue weighted by Crippen LogP contribution is -2.38. The molecule has 1 N–H and O–H groups in total. The van der Waals surface area contributed by atoms with Crippen molar-refractivity contribution in [2.24, 2.45) is 4.99 Å². The van der Waals surface area contributed by atoms with Crippen LogP contribution in [0.4, 0.5) is 18.9 Å². The number of nitrogens with one attached hydrogen (secondary N) is 1. The van der Waals surface area contributed by atoms with Crippen LogP contribution < -0.4 is 5.32 Å². The first-order chi connectivity index (χ1) is 9.66. The summed E-state index contributed by atoms with van der Waals surface area (Å²) in [6, 6.07) is 8.77. The van der Waals surface area contributed by atoms with Gasteiger partial charge in [0.15, 0.2) is 0 Å². The number of aromatic nitrogens is 1. The van der Waals surface area contributed by atoms with Crippen LogP contribution in [-0.4, -0.2) is 19.3 Å². The molecular formula is C15H17F3N2Si. The highest BCUT2D eigenvalue weighted by molar-refractivity contribution is 6.88. The summed E-state index contributed by atoms with van der Waals surface area (Å²) < 4.78 is 37.3. The summed E-state index contributed by atoms with van der Waals surface area (Å²) in [6.45, 7) is 6.70. The van der Waals surface area contributed by atoms with E-state index in [1.165, 1.54) is 17.4 Å². The van der Waals surface area contributed by atoms with Crippen molar-refractivity contribution in [2.45, 2.75) is 25.8 Å². The Bertz CT molecular complexity index is 634. The fraction of sp³-hybridized carbons (Fsp3) is 0.267. The molecule has 0 atom stereocenters. The second-order valence-corrected chi connectivity index (χ2v) is 10.9. The zero-order chi connectivity index (χ0) is 15.7. The smallest absolute Gasteiger partial charge is 0.362 e. The molecule has 0 spiro atoms. The molecule has 0 bridgehead atoms. The van der Waals surface area contributed by atoms with Crippen molar-refractivity contribution in [3.63, 3.8) is 0 Å². The van der Waals surface area contributed by atoms with Crippen molar-refractivity contribution < 1.29 is 13.2 Å².